The van der Waals surface area contributed by atoms with Gasteiger partial charge < -0.3 is 19.7 Å². The number of aliphatic imine (C=N–C) groups is 1. The maximum absolute atomic E-state index is 13.9. The summed E-state index contributed by atoms with van der Waals surface area (Å²) in [5, 5.41) is 5.02. The molecule has 2 aromatic rings. The second kappa shape index (κ2) is 11.4. The van der Waals surface area contributed by atoms with E-state index in [0.29, 0.717) is 21.5 Å². The zero-order chi connectivity index (χ0) is 31.3. The van der Waals surface area contributed by atoms with Crippen molar-refractivity contribution in [2.45, 2.75) is 69.0 Å². The van der Waals surface area contributed by atoms with Crippen LogP contribution in [0.1, 0.15) is 53.7 Å². The standard InChI is InChI=1S/C27H26B4F3N5O4/c1-14-16(4-3-5-20(14)43-27(28,29)30)24-17(36-25(42)19-11-31(2)22(40)12-35-19)8-9-38(24)23(41)13-39-21(26(32,33)34)10-18(37-39)15-6-7-15/h3-5,10-12,15,17,24H,6-9,13H2,1-2H3,(H,36,42)/t17-,24?/m1/s1. The van der Waals surface area contributed by atoms with Gasteiger partial charge in [-0.1, -0.05) is 24.9 Å². The van der Waals surface area contributed by atoms with Crippen molar-refractivity contribution < 1.29 is 32.3 Å². The lowest BCUT2D eigenvalue weighted by molar-refractivity contribution is -0.146. The highest BCUT2D eigenvalue weighted by molar-refractivity contribution is 7.01. The summed E-state index contributed by atoms with van der Waals surface area (Å²) in [6.45, 7) is 2.27. The fourth-order valence-electron chi connectivity index (χ4n) is 5.43. The quantitative estimate of drug-likeness (QED) is 0.477. The number of rotatable bonds is 8. The number of halogens is 3. The van der Waals surface area contributed by atoms with Gasteiger partial charge in [0.15, 0.2) is 0 Å². The third kappa shape index (κ3) is 6.78. The van der Waals surface area contributed by atoms with Gasteiger partial charge in [0, 0.05) is 12.5 Å². The average molecular weight is 585 g/mol. The summed E-state index contributed by atoms with van der Waals surface area (Å²) in [5.74, 6) is 0.443. The van der Waals surface area contributed by atoms with Crippen LogP contribution in [0.4, 0.5) is 13.2 Å². The number of nitrogens with one attached hydrogen (secondary N) is 1. The summed E-state index contributed by atoms with van der Waals surface area (Å²) < 4.78 is 47.8. The normalized spacial score (nSPS) is 20.8. The van der Waals surface area contributed by atoms with E-state index in [1.807, 2.05) is 0 Å². The van der Waals surface area contributed by atoms with Crippen LogP contribution in [0.5, 0.6) is 5.75 Å². The van der Waals surface area contributed by atoms with E-state index in [0.717, 1.165) is 25.1 Å². The summed E-state index contributed by atoms with van der Waals surface area (Å²) in [5.41, 5.74) is 0.173. The lowest BCUT2D eigenvalue weighted by Gasteiger charge is -2.32. The smallest absolute Gasteiger partial charge is 0.433 e. The molecular weight excluding hydrogens is 559 g/mol. The Kier molecular flexibility index (Phi) is 8.17. The number of amides is 2. The summed E-state index contributed by atoms with van der Waals surface area (Å²) in [6.07, 6.45) is -1.83. The Bertz CT molecular complexity index is 1520. The van der Waals surface area contributed by atoms with E-state index in [9.17, 15) is 27.6 Å². The summed E-state index contributed by atoms with van der Waals surface area (Å²) in [4.78, 5) is 44.1. The lowest BCUT2D eigenvalue weighted by Crippen LogP contribution is -2.43. The molecule has 2 amide bonds. The first-order valence-electron chi connectivity index (χ1n) is 13.8. The number of likely N-dealkylation sites (tertiary alicyclic amines) is 1. The Labute approximate surface area is 251 Å². The van der Waals surface area contributed by atoms with Gasteiger partial charge in [-0.05, 0) is 54.7 Å². The molecule has 0 spiro atoms. The van der Waals surface area contributed by atoms with E-state index < -0.39 is 54.3 Å². The molecule has 1 N–H and O–H groups in total. The van der Waals surface area contributed by atoms with Crippen LogP contribution < -0.4 is 10.1 Å². The molecule has 1 unspecified atom stereocenters. The van der Waals surface area contributed by atoms with E-state index in [-0.39, 0.29) is 36.0 Å². The SMILES string of the molecule is [B]C([B])([B])Oc1cccc(C2[C@H](NC(=O)C3=CB(C)C(=O)C=N3)CCN2C(=O)Cn2nc(C3CC3)cc2C(F)(F)F)c1C. The first-order valence-corrected chi connectivity index (χ1v) is 13.8. The molecule has 5 rings (SSSR count). The van der Waals surface area contributed by atoms with Gasteiger partial charge in [0.25, 0.3) is 12.6 Å². The summed E-state index contributed by atoms with van der Waals surface area (Å²) >= 11 is 0. The first kappa shape index (κ1) is 30.7. The van der Waals surface area contributed by atoms with Crippen molar-refractivity contribution in [2.75, 3.05) is 6.54 Å². The Balaban J connectivity index is 1.47. The highest BCUT2D eigenvalue weighted by Crippen LogP contribution is 2.42. The highest BCUT2D eigenvalue weighted by atomic mass is 19.4. The molecule has 1 aromatic carbocycles. The van der Waals surface area contributed by atoms with Gasteiger partial charge in [-0.25, -0.2) is 4.99 Å². The molecule has 1 aliphatic carbocycles. The molecule has 43 heavy (non-hydrogen) atoms. The number of ether oxygens (including phenoxy) is 1. The van der Waals surface area contributed by atoms with Crippen molar-refractivity contribution in [3.8, 4) is 5.75 Å². The maximum Gasteiger partial charge on any atom is 0.433 e. The zero-order valence-electron chi connectivity index (χ0n) is 23.6. The van der Waals surface area contributed by atoms with Crippen LogP contribution in [0.15, 0.2) is 40.9 Å². The van der Waals surface area contributed by atoms with Gasteiger partial charge in [0.2, 0.25) is 5.91 Å². The van der Waals surface area contributed by atoms with Crippen LogP contribution in [0, 0.1) is 6.92 Å². The van der Waals surface area contributed by atoms with E-state index >= 15 is 0 Å². The molecule has 0 bridgehead atoms. The van der Waals surface area contributed by atoms with Crippen LogP contribution >= 0.6 is 0 Å². The van der Waals surface area contributed by atoms with E-state index in [1.54, 1.807) is 31.9 Å². The van der Waals surface area contributed by atoms with Crippen molar-refractivity contribution in [3.05, 3.63) is 58.5 Å². The Morgan fingerprint density at radius 2 is 1.91 bits per heavy atom. The van der Waals surface area contributed by atoms with Crippen LogP contribution in [0.25, 0.3) is 0 Å². The Hall–Kier alpha value is -3.70. The van der Waals surface area contributed by atoms with Crippen molar-refractivity contribution >= 4 is 54.0 Å². The first-order chi connectivity index (χ1) is 20.1. The zero-order valence-corrected chi connectivity index (χ0v) is 23.6. The molecular formula is C27H26B4F3N5O4. The fourth-order valence-corrected chi connectivity index (χ4v) is 5.43. The second-order valence-electron chi connectivity index (χ2n) is 11.2. The molecule has 16 heteroatoms. The highest BCUT2D eigenvalue weighted by Gasteiger charge is 2.43. The van der Waals surface area contributed by atoms with Crippen molar-refractivity contribution in [1.82, 2.24) is 20.0 Å². The van der Waals surface area contributed by atoms with Gasteiger partial charge in [0.1, 0.15) is 52.9 Å². The topological polar surface area (TPSA) is 106 Å². The molecule has 2 fully saturated rings. The molecule has 1 saturated carbocycles. The molecule has 2 atom stereocenters. The number of hydrogen-bond donors (Lipinski definition) is 1. The van der Waals surface area contributed by atoms with Crippen LogP contribution in [-0.4, -0.2) is 86.5 Å². The minimum absolute atomic E-state index is 0.0441. The fraction of sp³-hybridized carbons (Fsp3) is 0.444. The summed E-state index contributed by atoms with van der Waals surface area (Å²) in [6, 6.07) is 4.43. The predicted molar refractivity (Wildman–Crippen MR) is 155 cm³/mol. The van der Waals surface area contributed by atoms with E-state index in [1.165, 1.54) is 10.9 Å². The Morgan fingerprint density at radius 1 is 1.19 bits per heavy atom. The van der Waals surface area contributed by atoms with E-state index in [2.05, 4.69) is 15.4 Å². The average Bonchev–Trinajstić information content (AvgIpc) is 3.54. The number of aromatic nitrogens is 2. The number of carbonyl (C=O) groups excluding carboxylic acids is 3. The predicted octanol–water partition coefficient (Wildman–Crippen LogP) is 1.78. The number of alkyl halides is 3. The third-order valence-corrected chi connectivity index (χ3v) is 7.76. The monoisotopic (exact) mass is 585 g/mol. The lowest BCUT2D eigenvalue weighted by atomic mass is 9.48. The minimum atomic E-state index is -4.70. The largest absolute Gasteiger partial charge is 0.516 e. The minimum Gasteiger partial charge on any atom is -0.516 e. The molecule has 3 heterocycles. The van der Waals surface area contributed by atoms with Crippen molar-refractivity contribution in [1.29, 1.82) is 0 Å². The number of benzene rings is 1. The number of hydrogen-bond acceptors (Lipinski definition) is 6. The molecule has 216 valence electrons. The second-order valence-corrected chi connectivity index (χ2v) is 11.2. The van der Waals surface area contributed by atoms with Gasteiger partial charge in [-0.15, -0.1) is 0 Å². The van der Waals surface area contributed by atoms with Gasteiger partial charge in [0.05, 0.1) is 24.0 Å². The van der Waals surface area contributed by atoms with E-state index in [4.69, 9.17) is 28.3 Å². The number of carbonyl (C=O) groups is 3. The Morgan fingerprint density at radius 3 is 2.53 bits per heavy atom. The number of nitrogens with zero attached hydrogens (tertiary/aromatic N) is 4. The molecule has 1 saturated heterocycles. The summed E-state index contributed by atoms with van der Waals surface area (Å²) in [7, 11) is 16.9. The van der Waals surface area contributed by atoms with Crippen molar-refractivity contribution in [3.63, 3.8) is 0 Å². The molecule has 9 nitrogen and oxygen atoms in total. The van der Waals surface area contributed by atoms with Gasteiger partial charge in [-0.3, -0.25) is 14.3 Å². The molecule has 2 aliphatic heterocycles. The van der Waals surface area contributed by atoms with Crippen LogP contribution in [-0.2, 0) is 27.1 Å². The van der Waals surface area contributed by atoms with Crippen LogP contribution in [0.3, 0.4) is 0 Å². The molecule has 6 radical (unpaired) electrons. The van der Waals surface area contributed by atoms with Crippen LogP contribution in [0.2, 0.25) is 6.82 Å². The van der Waals surface area contributed by atoms with Crippen molar-refractivity contribution in [2.24, 2.45) is 4.99 Å². The van der Waals surface area contributed by atoms with Gasteiger partial charge in [-0.2, -0.15) is 18.3 Å². The van der Waals surface area contributed by atoms with Gasteiger partial charge >= 0.3 is 6.18 Å². The molecule has 1 aromatic heterocycles. The maximum atomic E-state index is 13.9. The molecule has 3 aliphatic rings. The third-order valence-electron chi connectivity index (χ3n) is 7.76.